The van der Waals surface area contributed by atoms with Crippen molar-refractivity contribution in [1.82, 2.24) is 5.43 Å². The minimum Gasteiger partial charge on any atom is -0.508 e. The SMILES string of the molecule is COc1cc(/C=N\NC(=O)Cc2ccc(O)cc2)cc(OC)c1OCc1ccccc1. The van der Waals surface area contributed by atoms with Crippen molar-refractivity contribution in [1.29, 1.82) is 0 Å². The molecular formula is C24H24N2O5. The Kier molecular flexibility index (Phi) is 7.48. The van der Waals surface area contributed by atoms with Crippen LogP contribution in [0.3, 0.4) is 0 Å². The van der Waals surface area contributed by atoms with Crippen LogP contribution in [0, 0.1) is 0 Å². The molecule has 0 aliphatic rings. The summed E-state index contributed by atoms with van der Waals surface area (Å²) in [7, 11) is 3.09. The van der Waals surface area contributed by atoms with Crippen molar-refractivity contribution in [2.75, 3.05) is 14.2 Å². The molecule has 7 nitrogen and oxygen atoms in total. The van der Waals surface area contributed by atoms with Gasteiger partial charge < -0.3 is 19.3 Å². The number of phenols is 1. The Bertz CT molecular complexity index is 1010. The fourth-order valence-corrected chi connectivity index (χ4v) is 2.86. The number of carbonyl (C=O) groups excluding carboxylic acids is 1. The highest BCUT2D eigenvalue weighted by molar-refractivity contribution is 5.85. The van der Waals surface area contributed by atoms with Gasteiger partial charge in [-0.3, -0.25) is 4.79 Å². The number of methoxy groups -OCH3 is 2. The molecule has 0 fully saturated rings. The normalized spacial score (nSPS) is 10.6. The van der Waals surface area contributed by atoms with Crippen LogP contribution < -0.4 is 19.6 Å². The van der Waals surface area contributed by atoms with Crippen LogP contribution in [0.1, 0.15) is 16.7 Å². The second-order valence-corrected chi connectivity index (χ2v) is 6.67. The van der Waals surface area contributed by atoms with Crippen molar-refractivity contribution < 1.29 is 24.1 Å². The molecule has 0 heterocycles. The zero-order chi connectivity index (χ0) is 22.1. The van der Waals surface area contributed by atoms with Gasteiger partial charge >= 0.3 is 0 Å². The van der Waals surface area contributed by atoms with E-state index in [1.165, 1.54) is 18.3 Å². The molecule has 0 aliphatic carbocycles. The lowest BCUT2D eigenvalue weighted by Crippen LogP contribution is -2.19. The highest BCUT2D eigenvalue weighted by Crippen LogP contribution is 2.38. The predicted molar refractivity (Wildman–Crippen MR) is 118 cm³/mol. The number of hydrogen-bond donors (Lipinski definition) is 2. The number of hydrogen-bond acceptors (Lipinski definition) is 6. The van der Waals surface area contributed by atoms with Crippen LogP contribution in [0.25, 0.3) is 0 Å². The number of aromatic hydroxyl groups is 1. The molecule has 1 amide bonds. The van der Waals surface area contributed by atoms with Crippen LogP contribution in [0.4, 0.5) is 0 Å². The second-order valence-electron chi connectivity index (χ2n) is 6.67. The molecule has 3 aromatic carbocycles. The molecule has 0 spiro atoms. The van der Waals surface area contributed by atoms with Gasteiger partial charge in [0.2, 0.25) is 11.7 Å². The summed E-state index contributed by atoms with van der Waals surface area (Å²) in [5, 5.41) is 13.3. The van der Waals surface area contributed by atoms with Crippen LogP contribution in [-0.2, 0) is 17.8 Å². The predicted octanol–water partition coefficient (Wildman–Crippen LogP) is 3.68. The number of ether oxygens (including phenoxy) is 3. The fourth-order valence-electron chi connectivity index (χ4n) is 2.86. The molecule has 0 aromatic heterocycles. The van der Waals surface area contributed by atoms with Gasteiger partial charge in [0, 0.05) is 5.56 Å². The van der Waals surface area contributed by atoms with Gasteiger partial charge in [-0.1, -0.05) is 42.5 Å². The molecule has 0 atom stereocenters. The molecule has 0 unspecified atom stereocenters. The molecule has 2 N–H and O–H groups in total. The van der Waals surface area contributed by atoms with Crippen molar-refractivity contribution in [3.05, 3.63) is 83.4 Å². The standard InChI is InChI=1S/C24H24N2O5/c1-29-21-12-19(15-25-26-23(28)14-17-8-10-20(27)11-9-17)13-22(30-2)24(21)31-16-18-6-4-3-5-7-18/h3-13,15,27H,14,16H2,1-2H3,(H,26,28)/b25-15-. The first kappa shape index (κ1) is 21.7. The lowest BCUT2D eigenvalue weighted by Gasteiger charge is -2.15. The monoisotopic (exact) mass is 420 g/mol. The summed E-state index contributed by atoms with van der Waals surface area (Å²) in [6, 6.07) is 19.7. The molecule has 0 saturated heterocycles. The third-order valence-corrected chi connectivity index (χ3v) is 4.41. The van der Waals surface area contributed by atoms with Gasteiger partial charge in [0.1, 0.15) is 12.4 Å². The number of amides is 1. The lowest BCUT2D eigenvalue weighted by atomic mass is 10.1. The first-order valence-electron chi connectivity index (χ1n) is 9.61. The van der Waals surface area contributed by atoms with Crippen molar-refractivity contribution in [2.24, 2.45) is 5.10 Å². The first-order valence-corrected chi connectivity index (χ1v) is 9.61. The van der Waals surface area contributed by atoms with E-state index >= 15 is 0 Å². The summed E-state index contributed by atoms with van der Waals surface area (Å²) in [6.07, 6.45) is 1.65. The minimum absolute atomic E-state index is 0.149. The third-order valence-electron chi connectivity index (χ3n) is 4.41. The Hall–Kier alpha value is -4.00. The lowest BCUT2D eigenvalue weighted by molar-refractivity contribution is -0.120. The molecule has 3 rings (SSSR count). The maximum atomic E-state index is 12.1. The molecule has 7 heteroatoms. The van der Waals surface area contributed by atoms with Crippen molar-refractivity contribution in [3.63, 3.8) is 0 Å². The molecule has 0 bridgehead atoms. The van der Waals surface area contributed by atoms with E-state index in [9.17, 15) is 9.90 Å². The number of benzene rings is 3. The molecular weight excluding hydrogens is 396 g/mol. The maximum absolute atomic E-state index is 12.1. The van der Waals surface area contributed by atoms with E-state index in [1.807, 2.05) is 30.3 Å². The highest BCUT2D eigenvalue weighted by Gasteiger charge is 2.14. The van der Waals surface area contributed by atoms with Crippen molar-refractivity contribution in [2.45, 2.75) is 13.0 Å². The van der Waals surface area contributed by atoms with Crippen LogP contribution in [0.2, 0.25) is 0 Å². The third kappa shape index (κ3) is 6.24. The topological polar surface area (TPSA) is 89.4 Å². The smallest absolute Gasteiger partial charge is 0.244 e. The summed E-state index contributed by atoms with van der Waals surface area (Å²) < 4.78 is 16.8. The van der Waals surface area contributed by atoms with Crippen molar-refractivity contribution >= 4 is 12.1 Å². The Labute approximate surface area is 180 Å². The first-order chi connectivity index (χ1) is 15.1. The van der Waals surface area contributed by atoms with Gasteiger partial charge in [0.15, 0.2) is 11.5 Å². The second kappa shape index (κ2) is 10.7. The van der Waals surface area contributed by atoms with Gasteiger partial charge in [-0.2, -0.15) is 5.10 Å². The summed E-state index contributed by atoms with van der Waals surface area (Å²) in [5.41, 5.74) is 4.95. The van der Waals surface area contributed by atoms with Crippen LogP contribution in [0.15, 0.2) is 71.8 Å². The minimum atomic E-state index is -0.274. The van der Waals surface area contributed by atoms with Crippen molar-refractivity contribution in [3.8, 4) is 23.0 Å². The van der Waals surface area contributed by atoms with E-state index in [0.29, 0.717) is 29.4 Å². The Balaban J connectivity index is 1.66. The Morgan fingerprint density at radius 1 is 0.968 bits per heavy atom. The van der Waals surface area contributed by atoms with Crippen LogP contribution >= 0.6 is 0 Å². The van der Waals surface area contributed by atoms with E-state index in [4.69, 9.17) is 14.2 Å². The number of nitrogens with one attached hydrogen (secondary N) is 1. The number of hydrazone groups is 1. The van der Waals surface area contributed by atoms with Crippen LogP contribution in [0.5, 0.6) is 23.0 Å². The van der Waals surface area contributed by atoms with Gasteiger partial charge in [0.05, 0.1) is 26.9 Å². The number of phenolic OH excluding ortho intramolecular Hbond substituents is 1. The molecule has 0 aliphatic heterocycles. The highest BCUT2D eigenvalue weighted by atomic mass is 16.5. The van der Waals surface area contributed by atoms with Crippen LogP contribution in [-0.4, -0.2) is 31.4 Å². The Morgan fingerprint density at radius 3 is 2.23 bits per heavy atom. The van der Waals surface area contributed by atoms with E-state index in [0.717, 1.165) is 11.1 Å². The summed E-state index contributed by atoms with van der Waals surface area (Å²) in [5.74, 6) is 1.35. The van der Waals surface area contributed by atoms with E-state index < -0.39 is 0 Å². The maximum Gasteiger partial charge on any atom is 0.244 e. The Morgan fingerprint density at radius 2 is 1.61 bits per heavy atom. The number of nitrogens with zero attached hydrogens (tertiary/aromatic N) is 1. The zero-order valence-electron chi connectivity index (χ0n) is 17.4. The van der Waals surface area contributed by atoms with Gasteiger partial charge in [-0.25, -0.2) is 5.43 Å². The average Bonchev–Trinajstić information content (AvgIpc) is 2.79. The van der Waals surface area contributed by atoms with Gasteiger partial charge in [0.25, 0.3) is 0 Å². The average molecular weight is 420 g/mol. The van der Waals surface area contributed by atoms with Gasteiger partial charge in [-0.05, 0) is 35.4 Å². The molecule has 31 heavy (non-hydrogen) atoms. The number of rotatable bonds is 9. The molecule has 0 saturated carbocycles. The molecule has 160 valence electrons. The quantitative estimate of drug-likeness (QED) is 0.407. The van der Waals surface area contributed by atoms with E-state index in [1.54, 1.807) is 38.5 Å². The zero-order valence-corrected chi connectivity index (χ0v) is 17.4. The fraction of sp³-hybridized carbons (Fsp3) is 0.167. The largest absolute Gasteiger partial charge is 0.508 e. The summed E-state index contributed by atoms with van der Waals surface area (Å²) >= 11 is 0. The van der Waals surface area contributed by atoms with E-state index in [2.05, 4.69) is 10.5 Å². The summed E-state index contributed by atoms with van der Waals surface area (Å²) in [4.78, 5) is 12.1. The molecule has 3 aromatic rings. The number of carbonyl (C=O) groups is 1. The molecule has 0 radical (unpaired) electrons. The van der Waals surface area contributed by atoms with Gasteiger partial charge in [-0.15, -0.1) is 0 Å². The summed E-state index contributed by atoms with van der Waals surface area (Å²) in [6.45, 7) is 0.369. The van der Waals surface area contributed by atoms with E-state index in [-0.39, 0.29) is 18.1 Å².